The van der Waals surface area contributed by atoms with E-state index in [9.17, 15) is 36.0 Å². The number of benzene rings is 2. The molecule has 1 nitrogen and oxygen atoms in total. The van der Waals surface area contributed by atoms with E-state index >= 15 is 0 Å². The minimum absolute atomic E-state index is 0.0413. The zero-order valence-electron chi connectivity index (χ0n) is 13.9. The molecule has 2 aromatic carbocycles. The van der Waals surface area contributed by atoms with Crippen LogP contribution in [0.5, 0.6) is 0 Å². The Kier molecular flexibility index (Phi) is 5.53. The molecule has 0 bridgehead atoms. The number of hydrogen-bond donors (Lipinski definition) is 0. The molecule has 0 amide bonds. The van der Waals surface area contributed by atoms with Gasteiger partial charge in [0.1, 0.15) is 0 Å². The molecular formula is C18H11F7NS. The molecule has 0 unspecified atom stereocenters. The van der Waals surface area contributed by atoms with Crippen LogP contribution in [0.15, 0.2) is 35.2 Å². The summed E-state index contributed by atoms with van der Waals surface area (Å²) in [6.07, 6.45) is -6.42. The second-order valence-electron chi connectivity index (χ2n) is 5.66. The molecule has 27 heavy (non-hydrogen) atoms. The summed E-state index contributed by atoms with van der Waals surface area (Å²) in [5.74, 6) is -6.24. The maximum atomic E-state index is 13.9. The third-order valence-electron chi connectivity index (χ3n) is 3.63. The summed E-state index contributed by atoms with van der Waals surface area (Å²) < 4.78 is 91.8. The van der Waals surface area contributed by atoms with Crippen LogP contribution in [0.3, 0.4) is 0 Å². The van der Waals surface area contributed by atoms with E-state index in [1.807, 2.05) is 6.07 Å². The minimum Gasteiger partial charge on any atom is -0.192 e. The van der Waals surface area contributed by atoms with E-state index in [4.69, 9.17) is 0 Å². The first-order valence-electron chi connectivity index (χ1n) is 7.36. The Hall–Kier alpha value is -2.21. The van der Waals surface area contributed by atoms with Crippen molar-refractivity contribution in [1.82, 2.24) is 0 Å². The molecule has 0 spiro atoms. The maximum absolute atomic E-state index is 13.9. The van der Waals surface area contributed by atoms with Gasteiger partial charge in [-0.2, -0.15) is 36.0 Å². The molecule has 0 aliphatic heterocycles. The number of hydrogen-bond acceptors (Lipinski definition) is 2. The van der Waals surface area contributed by atoms with E-state index in [0.717, 1.165) is 6.07 Å². The van der Waals surface area contributed by atoms with E-state index < -0.39 is 34.0 Å². The van der Waals surface area contributed by atoms with E-state index in [2.05, 4.69) is 6.07 Å². The quantitative estimate of drug-likeness (QED) is 0.426. The molecule has 0 N–H and O–H groups in total. The highest BCUT2D eigenvalue weighted by Crippen LogP contribution is 2.55. The van der Waals surface area contributed by atoms with Gasteiger partial charge in [0.2, 0.25) is 0 Å². The van der Waals surface area contributed by atoms with Gasteiger partial charge in [-0.05, 0) is 54.9 Å². The van der Waals surface area contributed by atoms with Crippen molar-refractivity contribution in [2.45, 2.75) is 36.1 Å². The van der Waals surface area contributed by atoms with Crippen LogP contribution >= 0.6 is 11.8 Å². The van der Waals surface area contributed by atoms with Crippen LogP contribution in [-0.2, 0) is 0 Å². The van der Waals surface area contributed by atoms with Gasteiger partial charge in [0.05, 0.1) is 11.6 Å². The van der Waals surface area contributed by atoms with Crippen molar-refractivity contribution in [3.63, 3.8) is 0 Å². The fourth-order valence-electron chi connectivity index (χ4n) is 2.43. The number of alkyl halides is 7. The molecule has 1 radical (unpaired) electrons. The van der Waals surface area contributed by atoms with Crippen LogP contribution < -0.4 is 0 Å². The molecule has 0 saturated heterocycles. The lowest BCUT2D eigenvalue weighted by Gasteiger charge is -2.28. The van der Waals surface area contributed by atoms with Crippen LogP contribution in [0.25, 0.3) is 11.1 Å². The second-order valence-corrected chi connectivity index (χ2v) is 6.82. The SMILES string of the molecule is Cc1[c]c(C)c(-c2ccccc2C#N)c(SC(F)(F)C(F)(F)C(F)(F)F)c1. The smallest absolute Gasteiger partial charge is 0.192 e. The zero-order chi connectivity index (χ0) is 20.6. The fourth-order valence-corrected chi connectivity index (χ4v) is 3.55. The van der Waals surface area contributed by atoms with E-state index in [-0.39, 0.29) is 27.8 Å². The highest BCUT2D eigenvalue weighted by atomic mass is 32.2. The van der Waals surface area contributed by atoms with Crippen molar-refractivity contribution in [3.8, 4) is 17.2 Å². The largest absolute Gasteiger partial charge is 0.460 e. The number of nitriles is 1. The molecule has 0 aromatic heterocycles. The van der Waals surface area contributed by atoms with Gasteiger partial charge in [-0.15, -0.1) is 0 Å². The van der Waals surface area contributed by atoms with Crippen molar-refractivity contribution < 1.29 is 30.7 Å². The Morgan fingerprint density at radius 2 is 1.59 bits per heavy atom. The summed E-state index contributed by atoms with van der Waals surface area (Å²) in [5.41, 5.74) is 0.680. The summed E-state index contributed by atoms with van der Waals surface area (Å²) in [4.78, 5) is -0.500. The topological polar surface area (TPSA) is 23.8 Å². The van der Waals surface area contributed by atoms with Crippen LogP contribution in [0, 0.1) is 31.2 Å². The van der Waals surface area contributed by atoms with E-state index in [1.165, 1.54) is 38.1 Å². The van der Waals surface area contributed by atoms with Crippen LogP contribution in [0.4, 0.5) is 30.7 Å². The maximum Gasteiger partial charge on any atom is 0.460 e. The third kappa shape index (κ3) is 3.90. The summed E-state index contributed by atoms with van der Waals surface area (Å²) >= 11 is -0.884. The summed E-state index contributed by atoms with van der Waals surface area (Å²) in [7, 11) is 0. The van der Waals surface area contributed by atoms with Gasteiger partial charge in [0, 0.05) is 16.0 Å². The van der Waals surface area contributed by atoms with Gasteiger partial charge < -0.3 is 0 Å². The molecule has 0 saturated carbocycles. The summed E-state index contributed by atoms with van der Waals surface area (Å²) in [5, 5.41) is 3.74. The molecule has 0 heterocycles. The van der Waals surface area contributed by atoms with Crippen molar-refractivity contribution in [3.05, 3.63) is 53.1 Å². The first-order valence-corrected chi connectivity index (χ1v) is 8.18. The number of nitrogens with zero attached hydrogens (tertiary/aromatic N) is 1. The van der Waals surface area contributed by atoms with Gasteiger partial charge >= 0.3 is 17.4 Å². The van der Waals surface area contributed by atoms with Crippen LogP contribution in [0.1, 0.15) is 16.7 Å². The molecule has 0 aliphatic carbocycles. The van der Waals surface area contributed by atoms with Crippen molar-refractivity contribution in [2.75, 3.05) is 0 Å². The molecule has 143 valence electrons. The van der Waals surface area contributed by atoms with Gasteiger partial charge in [0.15, 0.2) is 0 Å². The molecular weight excluding hydrogens is 395 g/mol. The zero-order valence-corrected chi connectivity index (χ0v) is 14.7. The second kappa shape index (κ2) is 7.08. The highest BCUT2D eigenvalue weighted by molar-refractivity contribution is 8.00. The molecule has 0 aliphatic rings. The highest BCUT2D eigenvalue weighted by Gasteiger charge is 2.73. The molecule has 0 fully saturated rings. The first kappa shape index (κ1) is 21.1. The number of thioether (sulfide) groups is 1. The number of halogens is 7. The Bertz CT molecular complexity index is 898. The first-order chi connectivity index (χ1) is 12.3. The average Bonchev–Trinajstić information content (AvgIpc) is 2.53. The summed E-state index contributed by atoms with van der Waals surface area (Å²) in [6.45, 7) is 2.89. The van der Waals surface area contributed by atoms with Gasteiger partial charge in [-0.3, -0.25) is 0 Å². The lowest BCUT2D eigenvalue weighted by molar-refractivity contribution is -0.330. The van der Waals surface area contributed by atoms with Crippen LogP contribution in [-0.4, -0.2) is 17.4 Å². The summed E-state index contributed by atoms with van der Waals surface area (Å²) in [6, 6.07) is 11.5. The predicted octanol–water partition coefficient (Wildman–Crippen LogP) is 6.52. The van der Waals surface area contributed by atoms with Gasteiger partial charge in [-0.1, -0.05) is 18.2 Å². The Morgan fingerprint density at radius 1 is 1.00 bits per heavy atom. The molecule has 2 rings (SSSR count). The van der Waals surface area contributed by atoms with E-state index in [0.29, 0.717) is 0 Å². The Labute approximate surface area is 154 Å². The monoisotopic (exact) mass is 406 g/mol. The van der Waals surface area contributed by atoms with Gasteiger partial charge in [-0.25, -0.2) is 0 Å². The Balaban J connectivity index is 2.67. The predicted molar refractivity (Wildman–Crippen MR) is 86.7 cm³/mol. The molecule has 2 aromatic rings. The van der Waals surface area contributed by atoms with Crippen molar-refractivity contribution >= 4 is 11.8 Å². The van der Waals surface area contributed by atoms with Gasteiger partial charge in [0.25, 0.3) is 0 Å². The average molecular weight is 406 g/mol. The standard InChI is InChI=1S/C18H11F7NS/c1-10-7-11(2)15(13-6-4-3-5-12(13)9-26)14(8-10)27-18(24,25)16(19,20)17(21,22)23/h3-6,8H,1-2H3. The van der Waals surface area contributed by atoms with Crippen molar-refractivity contribution in [2.24, 2.45) is 0 Å². The third-order valence-corrected chi connectivity index (χ3v) is 4.68. The Morgan fingerprint density at radius 3 is 2.15 bits per heavy atom. The normalized spacial score (nSPS) is 12.7. The molecule has 9 heteroatoms. The fraction of sp³-hybridized carbons (Fsp3) is 0.278. The lowest BCUT2D eigenvalue weighted by atomic mass is 9.95. The van der Waals surface area contributed by atoms with Crippen LogP contribution in [0.2, 0.25) is 0 Å². The molecule has 0 atom stereocenters. The minimum atomic E-state index is -6.42. The number of aryl methyl sites for hydroxylation is 2. The van der Waals surface area contributed by atoms with E-state index in [1.54, 1.807) is 0 Å². The lowest BCUT2D eigenvalue weighted by Crippen LogP contribution is -2.49. The van der Waals surface area contributed by atoms with Crippen molar-refractivity contribution in [1.29, 1.82) is 5.26 Å². The number of rotatable bonds is 4.